The van der Waals surface area contributed by atoms with E-state index in [-0.39, 0.29) is 23.8 Å². The second-order valence-electron chi connectivity index (χ2n) is 7.04. The van der Waals surface area contributed by atoms with Crippen molar-refractivity contribution in [3.8, 4) is 0 Å². The Morgan fingerprint density at radius 1 is 1.23 bits per heavy atom. The van der Waals surface area contributed by atoms with Crippen molar-refractivity contribution in [3.05, 3.63) is 48.0 Å². The fraction of sp³-hybridized carbons (Fsp3) is 0.429. The number of hydrogen-bond acceptors (Lipinski definition) is 4. The van der Waals surface area contributed by atoms with Crippen LogP contribution in [-0.2, 0) is 20.7 Å². The highest BCUT2D eigenvalue weighted by atomic mass is 16.5. The number of benzene rings is 2. The Balaban J connectivity index is 1.72. The normalized spacial score (nSPS) is 21.0. The Morgan fingerprint density at radius 3 is 2.69 bits per heavy atom. The number of likely N-dealkylation sites (tertiary alicyclic amines) is 1. The molecule has 3 rings (SSSR count). The fourth-order valence-electron chi connectivity index (χ4n) is 3.66. The van der Waals surface area contributed by atoms with Crippen LogP contribution in [-0.4, -0.2) is 42.0 Å². The maximum atomic E-state index is 12.9. The van der Waals surface area contributed by atoms with Crippen molar-refractivity contribution in [1.29, 1.82) is 0 Å². The third kappa shape index (κ3) is 3.88. The van der Waals surface area contributed by atoms with E-state index in [0.29, 0.717) is 26.0 Å². The first kappa shape index (κ1) is 18.4. The zero-order chi connectivity index (χ0) is 18.7. The minimum atomic E-state index is -0.559. The van der Waals surface area contributed by atoms with E-state index in [9.17, 15) is 9.59 Å². The molecule has 5 nitrogen and oxygen atoms in total. The van der Waals surface area contributed by atoms with Crippen LogP contribution >= 0.6 is 0 Å². The molecule has 1 heterocycles. The molecule has 1 saturated heterocycles. The minimum Gasteiger partial charge on any atom is -0.464 e. The van der Waals surface area contributed by atoms with Crippen LogP contribution in [0.1, 0.15) is 25.8 Å². The summed E-state index contributed by atoms with van der Waals surface area (Å²) in [5, 5.41) is 2.35. The molecule has 26 heavy (non-hydrogen) atoms. The molecule has 2 N–H and O–H groups in total. The maximum Gasteiger partial charge on any atom is 0.328 e. The van der Waals surface area contributed by atoms with Gasteiger partial charge in [-0.3, -0.25) is 4.79 Å². The van der Waals surface area contributed by atoms with Gasteiger partial charge in [0.1, 0.15) is 6.04 Å². The standard InChI is InChI=1S/C21H26N2O3/c1-3-26-21(25)19-12-18(22)13-23(19)20(24)14(2)10-15-8-9-16-6-4-5-7-17(16)11-15/h4-9,11,14,18-19H,3,10,12-13,22H2,1-2H3/t14-,18+,19+/m1/s1. The molecule has 5 heteroatoms. The molecule has 2 aromatic rings. The molecule has 0 bridgehead atoms. The third-order valence-electron chi connectivity index (χ3n) is 4.95. The van der Waals surface area contributed by atoms with Gasteiger partial charge in [0.2, 0.25) is 5.91 Å². The second-order valence-corrected chi connectivity index (χ2v) is 7.04. The van der Waals surface area contributed by atoms with Crippen LogP contribution in [0, 0.1) is 5.92 Å². The summed E-state index contributed by atoms with van der Waals surface area (Å²) >= 11 is 0. The molecular formula is C21H26N2O3. The van der Waals surface area contributed by atoms with Crippen molar-refractivity contribution in [2.24, 2.45) is 11.7 Å². The lowest BCUT2D eigenvalue weighted by molar-refractivity contribution is -0.154. The summed E-state index contributed by atoms with van der Waals surface area (Å²) in [4.78, 5) is 26.7. The molecule has 1 fully saturated rings. The van der Waals surface area contributed by atoms with Crippen LogP contribution in [0.2, 0.25) is 0 Å². The number of carbonyl (C=O) groups excluding carboxylic acids is 2. The predicted octanol–water partition coefficient (Wildman–Crippen LogP) is 2.51. The van der Waals surface area contributed by atoms with Crippen molar-refractivity contribution < 1.29 is 14.3 Å². The highest BCUT2D eigenvalue weighted by Crippen LogP contribution is 2.23. The van der Waals surface area contributed by atoms with Crippen molar-refractivity contribution in [2.75, 3.05) is 13.2 Å². The van der Waals surface area contributed by atoms with Gasteiger partial charge in [0, 0.05) is 18.5 Å². The molecule has 3 atom stereocenters. The van der Waals surface area contributed by atoms with E-state index >= 15 is 0 Å². The van der Waals surface area contributed by atoms with E-state index in [0.717, 1.165) is 10.9 Å². The Hall–Kier alpha value is -2.40. The van der Waals surface area contributed by atoms with E-state index in [1.165, 1.54) is 5.39 Å². The number of ether oxygens (including phenoxy) is 1. The molecule has 1 aliphatic heterocycles. The van der Waals surface area contributed by atoms with Crippen LogP contribution in [0.3, 0.4) is 0 Å². The summed E-state index contributed by atoms with van der Waals surface area (Å²) in [6.07, 6.45) is 1.10. The van der Waals surface area contributed by atoms with Crippen LogP contribution in [0.4, 0.5) is 0 Å². The number of nitrogens with two attached hydrogens (primary N) is 1. The molecule has 1 amide bonds. The average molecular weight is 354 g/mol. The summed E-state index contributed by atoms with van der Waals surface area (Å²) in [5.74, 6) is -0.616. The van der Waals surface area contributed by atoms with Gasteiger partial charge < -0.3 is 15.4 Å². The largest absolute Gasteiger partial charge is 0.464 e. The number of rotatable bonds is 5. The van der Waals surface area contributed by atoms with Gasteiger partial charge in [0.05, 0.1) is 6.61 Å². The number of fused-ring (bicyclic) bond motifs is 1. The first-order valence-corrected chi connectivity index (χ1v) is 9.20. The number of amides is 1. The topological polar surface area (TPSA) is 72.6 Å². The Morgan fingerprint density at radius 2 is 1.96 bits per heavy atom. The van der Waals surface area contributed by atoms with E-state index in [1.807, 2.05) is 19.1 Å². The van der Waals surface area contributed by atoms with Crippen molar-refractivity contribution in [3.63, 3.8) is 0 Å². The molecule has 0 unspecified atom stereocenters. The fourth-order valence-corrected chi connectivity index (χ4v) is 3.66. The zero-order valence-electron chi connectivity index (χ0n) is 15.4. The van der Waals surface area contributed by atoms with E-state index in [4.69, 9.17) is 10.5 Å². The van der Waals surface area contributed by atoms with Crippen LogP contribution < -0.4 is 5.73 Å². The molecule has 1 aliphatic rings. The van der Waals surface area contributed by atoms with Crippen molar-refractivity contribution in [2.45, 2.75) is 38.8 Å². The Labute approximate surface area is 154 Å². The average Bonchev–Trinajstić information content (AvgIpc) is 3.03. The molecule has 0 saturated carbocycles. The second kappa shape index (κ2) is 7.87. The molecule has 0 radical (unpaired) electrons. The monoisotopic (exact) mass is 354 g/mol. The number of carbonyl (C=O) groups is 2. The van der Waals surface area contributed by atoms with Gasteiger partial charge in [-0.05, 0) is 36.1 Å². The van der Waals surface area contributed by atoms with Gasteiger partial charge in [-0.15, -0.1) is 0 Å². The number of hydrogen-bond donors (Lipinski definition) is 1. The van der Waals surface area contributed by atoms with Crippen LogP contribution in [0.15, 0.2) is 42.5 Å². The lowest BCUT2D eigenvalue weighted by Crippen LogP contribution is -2.44. The predicted molar refractivity (Wildman–Crippen MR) is 102 cm³/mol. The highest BCUT2D eigenvalue weighted by molar-refractivity contribution is 5.87. The molecule has 0 aromatic heterocycles. The lowest BCUT2D eigenvalue weighted by Gasteiger charge is -2.26. The summed E-state index contributed by atoms with van der Waals surface area (Å²) in [6.45, 7) is 4.38. The Bertz CT molecular complexity index is 805. The van der Waals surface area contributed by atoms with E-state index in [1.54, 1.807) is 11.8 Å². The quantitative estimate of drug-likeness (QED) is 0.838. The first-order valence-electron chi connectivity index (χ1n) is 9.20. The molecule has 138 valence electrons. The molecule has 0 spiro atoms. The summed E-state index contributed by atoms with van der Waals surface area (Å²) in [7, 11) is 0. The summed E-state index contributed by atoms with van der Waals surface area (Å²) < 4.78 is 5.11. The number of nitrogens with zero attached hydrogens (tertiary/aromatic N) is 1. The van der Waals surface area contributed by atoms with Crippen molar-refractivity contribution >= 4 is 22.6 Å². The van der Waals surface area contributed by atoms with E-state index < -0.39 is 6.04 Å². The maximum absolute atomic E-state index is 12.9. The zero-order valence-corrected chi connectivity index (χ0v) is 15.4. The van der Waals surface area contributed by atoms with Crippen molar-refractivity contribution in [1.82, 2.24) is 4.90 Å². The van der Waals surface area contributed by atoms with Gasteiger partial charge in [-0.1, -0.05) is 49.4 Å². The third-order valence-corrected chi connectivity index (χ3v) is 4.95. The lowest BCUT2D eigenvalue weighted by atomic mass is 9.97. The van der Waals surface area contributed by atoms with Gasteiger partial charge >= 0.3 is 5.97 Å². The summed E-state index contributed by atoms with van der Waals surface area (Å²) in [6, 6.07) is 13.7. The molecular weight excluding hydrogens is 328 g/mol. The van der Waals surface area contributed by atoms with Crippen LogP contribution in [0.5, 0.6) is 0 Å². The van der Waals surface area contributed by atoms with Gasteiger partial charge in [-0.25, -0.2) is 4.79 Å². The molecule has 2 aromatic carbocycles. The first-order chi connectivity index (χ1) is 12.5. The number of esters is 1. The SMILES string of the molecule is CCOC(=O)[C@@H]1C[C@H](N)CN1C(=O)[C@H](C)Cc1ccc2ccccc2c1. The highest BCUT2D eigenvalue weighted by Gasteiger charge is 2.40. The van der Waals surface area contributed by atoms with Gasteiger partial charge in [0.15, 0.2) is 0 Å². The van der Waals surface area contributed by atoms with Gasteiger partial charge in [-0.2, -0.15) is 0 Å². The Kier molecular flexibility index (Phi) is 5.57. The minimum absolute atomic E-state index is 0.0378. The van der Waals surface area contributed by atoms with Crippen LogP contribution in [0.25, 0.3) is 10.8 Å². The molecule has 0 aliphatic carbocycles. The van der Waals surface area contributed by atoms with Gasteiger partial charge in [0.25, 0.3) is 0 Å². The smallest absolute Gasteiger partial charge is 0.328 e. The summed E-state index contributed by atoms with van der Waals surface area (Å²) in [5.41, 5.74) is 7.11. The van der Waals surface area contributed by atoms with E-state index in [2.05, 4.69) is 30.3 Å².